The molecule has 1 aliphatic carbocycles. The molecule has 132 valence electrons. The van der Waals surface area contributed by atoms with Crippen LogP contribution in [-0.2, 0) is 6.18 Å². The quantitative estimate of drug-likeness (QED) is 0.853. The zero-order valence-electron chi connectivity index (χ0n) is 13.4. The zero-order chi connectivity index (χ0) is 17.9. The van der Waals surface area contributed by atoms with Crippen LogP contribution in [0.3, 0.4) is 0 Å². The average molecular weight is 349 g/mol. The first-order chi connectivity index (χ1) is 11.9. The SMILES string of the molecule is O=C(NC1CCCC1)c1ccc(Nc2ccccc2C(F)(F)F)cn1. The number of nitrogens with zero attached hydrogens (tertiary/aromatic N) is 1. The first kappa shape index (κ1) is 17.3. The van der Waals surface area contributed by atoms with Crippen molar-refractivity contribution in [3.63, 3.8) is 0 Å². The highest BCUT2D eigenvalue weighted by Crippen LogP contribution is 2.35. The molecule has 0 spiro atoms. The summed E-state index contributed by atoms with van der Waals surface area (Å²) in [6.07, 6.45) is 1.08. The van der Waals surface area contributed by atoms with Crippen LogP contribution in [0.4, 0.5) is 24.5 Å². The zero-order valence-corrected chi connectivity index (χ0v) is 13.4. The molecule has 0 bridgehead atoms. The fourth-order valence-electron chi connectivity index (χ4n) is 2.93. The van der Waals surface area contributed by atoms with E-state index in [0.29, 0.717) is 5.69 Å². The second-order valence-electron chi connectivity index (χ2n) is 6.06. The molecule has 1 fully saturated rings. The first-order valence-corrected chi connectivity index (χ1v) is 8.13. The third-order valence-corrected chi connectivity index (χ3v) is 4.20. The molecule has 4 nitrogen and oxygen atoms in total. The summed E-state index contributed by atoms with van der Waals surface area (Å²) in [6, 6.07) is 8.46. The minimum absolute atomic E-state index is 0.0556. The molecule has 0 saturated heterocycles. The van der Waals surface area contributed by atoms with Gasteiger partial charge < -0.3 is 10.6 Å². The van der Waals surface area contributed by atoms with E-state index in [1.165, 1.54) is 30.5 Å². The molecule has 1 aromatic heterocycles. The van der Waals surface area contributed by atoms with Gasteiger partial charge in [-0.05, 0) is 37.1 Å². The van der Waals surface area contributed by atoms with E-state index in [-0.39, 0.29) is 23.3 Å². The van der Waals surface area contributed by atoms with Gasteiger partial charge in [-0.15, -0.1) is 0 Å². The fourth-order valence-corrected chi connectivity index (χ4v) is 2.93. The minimum atomic E-state index is -4.45. The van der Waals surface area contributed by atoms with Crippen LogP contribution in [0.2, 0.25) is 0 Å². The number of benzene rings is 1. The van der Waals surface area contributed by atoms with Crippen LogP contribution >= 0.6 is 0 Å². The summed E-state index contributed by atoms with van der Waals surface area (Å²) in [5.74, 6) is -0.255. The second kappa shape index (κ2) is 7.13. The van der Waals surface area contributed by atoms with Crippen molar-refractivity contribution in [3.05, 3.63) is 53.9 Å². The van der Waals surface area contributed by atoms with Gasteiger partial charge in [0.2, 0.25) is 0 Å². The number of alkyl halides is 3. The summed E-state index contributed by atoms with van der Waals surface area (Å²) >= 11 is 0. The minimum Gasteiger partial charge on any atom is -0.354 e. The number of hydrogen-bond acceptors (Lipinski definition) is 3. The van der Waals surface area contributed by atoms with Gasteiger partial charge in [0.25, 0.3) is 5.91 Å². The maximum absolute atomic E-state index is 13.0. The lowest BCUT2D eigenvalue weighted by atomic mass is 10.1. The van der Waals surface area contributed by atoms with E-state index in [1.54, 1.807) is 6.07 Å². The highest BCUT2D eigenvalue weighted by molar-refractivity contribution is 5.92. The van der Waals surface area contributed by atoms with Crippen LogP contribution in [0.5, 0.6) is 0 Å². The first-order valence-electron chi connectivity index (χ1n) is 8.13. The number of amides is 1. The maximum atomic E-state index is 13.0. The Kier molecular flexibility index (Phi) is 4.92. The molecule has 1 amide bonds. The van der Waals surface area contributed by atoms with Gasteiger partial charge >= 0.3 is 6.18 Å². The van der Waals surface area contributed by atoms with Gasteiger partial charge in [0.15, 0.2) is 0 Å². The smallest absolute Gasteiger partial charge is 0.354 e. The summed E-state index contributed by atoms with van der Waals surface area (Å²) in [5.41, 5.74) is -0.173. The number of anilines is 2. The van der Waals surface area contributed by atoms with E-state index >= 15 is 0 Å². The van der Waals surface area contributed by atoms with Gasteiger partial charge in [-0.2, -0.15) is 13.2 Å². The summed E-state index contributed by atoms with van der Waals surface area (Å²) in [4.78, 5) is 16.2. The molecular weight excluding hydrogens is 331 g/mol. The summed E-state index contributed by atoms with van der Waals surface area (Å²) in [6.45, 7) is 0. The van der Waals surface area contributed by atoms with Crippen molar-refractivity contribution in [1.82, 2.24) is 10.3 Å². The molecule has 2 aromatic rings. The molecule has 1 heterocycles. The third-order valence-electron chi connectivity index (χ3n) is 4.20. The van der Waals surface area contributed by atoms with Crippen LogP contribution in [0, 0.1) is 0 Å². The van der Waals surface area contributed by atoms with Gasteiger partial charge in [-0.25, -0.2) is 4.98 Å². The average Bonchev–Trinajstić information content (AvgIpc) is 3.08. The molecule has 7 heteroatoms. The molecule has 2 N–H and O–H groups in total. The van der Waals surface area contributed by atoms with Crippen LogP contribution in [0.1, 0.15) is 41.7 Å². The molecule has 25 heavy (non-hydrogen) atoms. The molecular formula is C18H18F3N3O. The van der Waals surface area contributed by atoms with Crippen LogP contribution in [0.25, 0.3) is 0 Å². The van der Waals surface area contributed by atoms with Gasteiger partial charge in [-0.1, -0.05) is 25.0 Å². The number of carbonyl (C=O) groups is 1. The Bertz CT molecular complexity index is 738. The second-order valence-corrected chi connectivity index (χ2v) is 6.06. The van der Waals surface area contributed by atoms with Crippen molar-refractivity contribution in [2.75, 3.05) is 5.32 Å². The Labute approximate surface area is 143 Å². The lowest BCUT2D eigenvalue weighted by Crippen LogP contribution is -2.33. The molecule has 0 unspecified atom stereocenters. The molecule has 0 radical (unpaired) electrons. The summed E-state index contributed by atoms with van der Waals surface area (Å²) < 4.78 is 39.0. The number of aromatic nitrogens is 1. The summed E-state index contributed by atoms with van der Waals surface area (Å²) in [7, 11) is 0. The number of carbonyl (C=O) groups excluding carboxylic acids is 1. The molecule has 3 rings (SSSR count). The van der Waals surface area contributed by atoms with E-state index < -0.39 is 11.7 Å². The van der Waals surface area contributed by atoms with Crippen molar-refractivity contribution in [1.29, 1.82) is 0 Å². The van der Waals surface area contributed by atoms with Crippen molar-refractivity contribution in [2.24, 2.45) is 0 Å². The van der Waals surface area contributed by atoms with E-state index in [2.05, 4.69) is 15.6 Å². The third kappa shape index (κ3) is 4.29. The monoisotopic (exact) mass is 349 g/mol. The van der Waals surface area contributed by atoms with Crippen molar-refractivity contribution < 1.29 is 18.0 Å². The Hall–Kier alpha value is -2.57. The van der Waals surface area contributed by atoms with Gasteiger partial charge in [0, 0.05) is 6.04 Å². The van der Waals surface area contributed by atoms with Crippen LogP contribution < -0.4 is 10.6 Å². The number of halogens is 3. The van der Waals surface area contributed by atoms with Gasteiger partial charge in [-0.3, -0.25) is 4.79 Å². The molecule has 1 aliphatic rings. The van der Waals surface area contributed by atoms with E-state index in [0.717, 1.165) is 31.7 Å². The van der Waals surface area contributed by atoms with E-state index in [1.807, 2.05) is 0 Å². The number of rotatable bonds is 4. The number of para-hydroxylation sites is 1. The highest BCUT2D eigenvalue weighted by atomic mass is 19.4. The lowest BCUT2D eigenvalue weighted by molar-refractivity contribution is -0.136. The molecule has 1 aromatic carbocycles. The van der Waals surface area contributed by atoms with Crippen LogP contribution in [0.15, 0.2) is 42.6 Å². The Morgan fingerprint density at radius 1 is 1.08 bits per heavy atom. The van der Waals surface area contributed by atoms with Crippen LogP contribution in [-0.4, -0.2) is 16.9 Å². The Morgan fingerprint density at radius 3 is 2.44 bits per heavy atom. The predicted octanol–water partition coefficient (Wildman–Crippen LogP) is 4.52. The molecule has 0 atom stereocenters. The number of hydrogen-bond donors (Lipinski definition) is 2. The highest BCUT2D eigenvalue weighted by Gasteiger charge is 2.33. The van der Waals surface area contributed by atoms with E-state index in [9.17, 15) is 18.0 Å². The number of pyridine rings is 1. The van der Waals surface area contributed by atoms with Gasteiger partial charge in [0.1, 0.15) is 5.69 Å². The predicted molar refractivity (Wildman–Crippen MR) is 88.7 cm³/mol. The number of nitrogens with one attached hydrogen (secondary N) is 2. The lowest BCUT2D eigenvalue weighted by Gasteiger charge is -2.14. The Morgan fingerprint density at radius 2 is 1.80 bits per heavy atom. The van der Waals surface area contributed by atoms with Crippen molar-refractivity contribution in [2.45, 2.75) is 37.9 Å². The fraction of sp³-hybridized carbons (Fsp3) is 0.333. The maximum Gasteiger partial charge on any atom is 0.418 e. The largest absolute Gasteiger partial charge is 0.418 e. The summed E-state index contributed by atoms with van der Waals surface area (Å²) in [5, 5.41) is 5.63. The van der Waals surface area contributed by atoms with E-state index in [4.69, 9.17) is 0 Å². The Balaban J connectivity index is 1.70. The van der Waals surface area contributed by atoms with Crippen molar-refractivity contribution in [3.8, 4) is 0 Å². The van der Waals surface area contributed by atoms with Crippen molar-refractivity contribution >= 4 is 17.3 Å². The standard InChI is InChI=1S/C18H18F3N3O/c19-18(20,21)14-7-3-4-8-15(14)23-13-9-10-16(22-11-13)17(25)24-12-5-1-2-6-12/h3-4,7-12,23H,1-2,5-6H2,(H,24,25). The normalized spacial score (nSPS) is 15.2. The van der Waals surface area contributed by atoms with Gasteiger partial charge in [0.05, 0.1) is 23.1 Å². The topological polar surface area (TPSA) is 54.0 Å². The molecule has 0 aliphatic heterocycles. The molecule has 1 saturated carbocycles.